The number of aryl methyl sites for hydroxylation is 1. The summed E-state index contributed by atoms with van der Waals surface area (Å²) in [5.74, 6) is -1.27. The molecule has 33 heavy (non-hydrogen) atoms. The van der Waals surface area contributed by atoms with E-state index in [4.69, 9.17) is 9.15 Å². The molecule has 1 aromatic heterocycles. The maximum atomic E-state index is 13.6. The van der Waals surface area contributed by atoms with Gasteiger partial charge in [0.15, 0.2) is 11.2 Å². The van der Waals surface area contributed by atoms with Gasteiger partial charge in [0.25, 0.3) is 0 Å². The van der Waals surface area contributed by atoms with Gasteiger partial charge in [0, 0.05) is 29.0 Å². The number of nitrogens with one attached hydrogen (secondary N) is 1. The molecule has 1 aliphatic heterocycles. The molecule has 1 atom stereocenters. The summed E-state index contributed by atoms with van der Waals surface area (Å²) in [6.45, 7) is 3.73. The quantitative estimate of drug-likeness (QED) is 0.671. The highest BCUT2D eigenvalue weighted by Gasteiger charge is 2.41. The van der Waals surface area contributed by atoms with Crippen LogP contribution < -0.4 is 10.7 Å². The maximum absolute atomic E-state index is 13.6. The molecule has 1 aromatic carbocycles. The van der Waals surface area contributed by atoms with Crippen LogP contribution in [-0.4, -0.2) is 17.9 Å². The summed E-state index contributed by atoms with van der Waals surface area (Å²) >= 11 is 0. The monoisotopic (exact) mass is 447 g/mol. The summed E-state index contributed by atoms with van der Waals surface area (Å²) in [6.07, 6.45) is 8.08. The van der Waals surface area contributed by atoms with Gasteiger partial charge in [-0.2, -0.15) is 0 Å². The molecule has 0 spiro atoms. The van der Waals surface area contributed by atoms with Crippen molar-refractivity contribution in [2.24, 2.45) is 0 Å². The average Bonchev–Trinajstić information content (AvgIpc) is 2.80. The van der Waals surface area contributed by atoms with Crippen molar-refractivity contribution in [3.63, 3.8) is 0 Å². The standard InChI is InChI=1S/C27H29NO5/c1-15-11-12-22-18(13-15)26(30)19(14-32-22)24-23(27(31)33-17-7-4-3-5-8-17)16(2)28-20-9-6-10-21(29)25(20)24/h11-14,17,24,28H,3-10H2,1-2H3. The smallest absolute Gasteiger partial charge is 0.337 e. The number of benzene rings is 1. The maximum Gasteiger partial charge on any atom is 0.337 e. The summed E-state index contributed by atoms with van der Waals surface area (Å²) < 4.78 is 11.7. The van der Waals surface area contributed by atoms with Crippen molar-refractivity contribution in [3.05, 3.63) is 68.4 Å². The summed E-state index contributed by atoms with van der Waals surface area (Å²) in [5, 5.41) is 3.74. The normalized spacial score (nSPS) is 21.8. The summed E-state index contributed by atoms with van der Waals surface area (Å²) in [7, 11) is 0. The second-order valence-electron chi connectivity index (χ2n) is 9.45. The number of hydrogen-bond acceptors (Lipinski definition) is 6. The Morgan fingerprint density at radius 1 is 1.06 bits per heavy atom. The van der Waals surface area contributed by atoms with Gasteiger partial charge in [-0.1, -0.05) is 18.1 Å². The second-order valence-corrected chi connectivity index (χ2v) is 9.45. The number of fused-ring (bicyclic) bond motifs is 1. The number of rotatable bonds is 3. The van der Waals surface area contributed by atoms with Crippen LogP contribution in [0.25, 0.3) is 11.0 Å². The van der Waals surface area contributed by atoms with Crippen LogP contribution in [0.4, 0.5) is 0 Å². The molecule has 1 N–H and O–H groups in total. The fourth-order valence-electron chi connectivity index (χ4n) is 5.42. The molecule has 2 aromatic rings. The van der Waals surface area contributed by atoms with Crippen molar-refractivity contribution in [3.8, 4) is 0 Å². The molecule has 1 unspecified atom stereocenters. The van der Waals surface area contributed by atoms with Crippen LogP contribution in [0, 0.1) is 6.92 Å². The molecular formula is C27H29NO5. The van der Waals surface area contributed by atoms with Gasteiger partial charge in [0.05, 0.1) is 23.1 Å². The van der Waals surface area contributed by atoms with Crippen LogP contribution in [-0.2, 0) is 14.3 Å². The van der Waals surface area contributed by atoms with E-state index in [0.29, 0.717) is 46.2 Å². The van der Waals surface area contributed by atoms with Crippen molar-refractivity contribution < 1.29 is 18.7 Å². The predicted molar refractivity (Wildman–Crippen MR) is 125 cm³/mol. The van der Waals surface area contributed by atoms with Crippen molar-refractivity contribution in [1.29, 1.82) is 0 Å². The topological polar surface area (TPSA) is 85.6 Å². The molecular weight excluding hydrogens is 418 g/mol. The molecule has 2 heterocycles. The van der Waals surface area contributed by atoms with E-state index in [0.717, 1.165) is 49.8 Å². The first-order chi connectivity index (χ1) is 15.9. The van der Waals surface area contributed by atoms with Gasteiger partial charge in [0.2, 0.25) is 0 Å². The third-order valence-corrected chi connectivity index (χ3v) is 7.09. The fraction of sp³-hybridized carbons (Fsp3) is 0.444. The summed E-state index contributed by atoms with van der Waals surface area (Å²) in [4.78, 5) is 40.2. The zero-order chi connectivity index (χ0) is 23.1. The second kappa shape index (κ2) is 8.65. The number of dihydropyridines is 1. The van der Waals surface area contributed by atoms with Crippen LogP contribution in [0.15, 0.2) is 56.2 Å². The first-order valence-electron chi connectivity index (χ1n) is 11.9. The summed E-state index contributed by atoms with van der Waals surface area (Å²) in [5.41, 5.74) is 3.80. The van der Waals surface area contributed by atoms with Crippen LogP contribution in [0.5, 0.6) is 0 Å². The van der Waals surface area contributed by atoms with E-state index >= 15 is 0 Å². The highest BCUT2D eigenvalue weighted by atomic mass is 16.5. The molecule has 2 aliphatic carbocycles. The zero-order valence-corrected chi connectivity index (χ0v) is 19.2. The number of carbonyl (C=O) groups excluding carboxylic acids is 2. The van der Waals surface area contributed by atoms with Crippen molar-refractivity contribution >= 4 is 22.7 Å². The molecule has 1 fully saturated rings. The Balaban J connectivity index is 1.65. The zero-order valence-electron chi connectivity index (χ0n) is 19.2. The van der Waals surface area contributed by atoms with E-state index in [1.54, 1.807) is 12.1 Å². The van der Waals surface area contributed by atoms with Crippen LogP contribution >= 0.6 is 0 Å². The fourth-order valence-corrected chi connectivity index (χ4v) is 5.42. The lowest BCUT2D eigenvalue weighted by Gasteiger charge is -2.34. The van der Waals surface area contributed by atoms with Crippen molar-refractivity contribution in [2.45, 2.75) is 77.2 Å². The minimum absolute atomic E-state index is 0.0343. The average molecular weight is 448 g/mol. The minimum Gasteiger partial charge on any atom is -0.464 e. The Morgan fingerprint density at radius 2 is 1.85 bits per heavy atom. The first-order valence-corrected chi connectivity index (χ1v) is 11.9. The van der Waals surface area contributed by atoms with Crippen molar-refractivity contribution in [2.75, 3.05) is 0 Å². The Bertz CT molecular complexity index is 1260. The number of hydrogen-bond donors (Lipinski definition) is 1. The molecule has 5 rings (SSSR count). The molecule has 6 nitrogen and oxygen atoms in total. The number of esters is 1. The molecule has 6 heteroatoms. The van der Waals surface area contributed by atoms with Crippen LogP contribution in [0.2, 0.25) is 0 Å². The van der Waals surface area contributed by atoms with E-state index < -0.39 is 11.9 Å². The Labute approximate surface area is 192 Å². The Morgan fingerprint density at radius 3 is 2.64 bits per heavy atom. The molecule has 3 aliphatic rings. The van der Waals surface area contributed by atoms with Crippen LogP contribution in [0.3, 0.4) is 0 Å². The van der Waals surface area contributed by atoms with E-state index in [1.165, 1.54) is 6.26 Å². The largest absolute Gasteiger partial charge is 0.464 e. The predicted octanol–water partition coefficient (Wildman–Crippen LogP) is 4.95. The Kier molecular flexibility index (Phi) is 5.69. The molecule has 0 amide bonds. The van der Waals surface area contributed by atoms with Gasteiger partial charge in [-0.05, 0) is 64.5 Å². The third-order valence-electron chi connectivity index (χ3n) is 7.09. The third kappa shape index (κ3) is 3.92. The molecule has 1 saturated carbocycles. The van der Waals surface area contributed by atoms with E-state index in [-0.39, 0.29) is 17.3 Å². The van der Waals surface area contributed by atoms with Gasteiger partial charge in [-0.15, -0.1) is 0 Å². The molecule has 0 bridgehead atoms. The van der Waals surface area contributed by atoms with Gasteiger partial charge in [0.1, 0.15) is 11.7 Å². The Hall–Kier alpha value is -3.15. The lowest BCUT2D eigenvalue weighted by Crippen LogP contribution is -2.37. The van der Waals surface area contributed by atoms with Gasteiger partial charge in [-0.25, -0.2) is 4.79 Å². The lowest BCUT2D eigenvalue weighted by molar-refractivity contribution is -0.146. The highest BCUT2D eigenvalue weighted by molar-refractivity contribution is 6.04. The number of allylic oxidation sites excluding steroid dienone is 3. The van der Waals surface area contributed by atoms with E-state index in [9.17, 15) is 14.4 Å². The number of ether oxygens (including phenoxy) is 1. The number of carbonyl (C=O) groups is 2. The lowest BCUT2D eigenvalue weighted by atomic mass is 9.75. The molecule has 0 saturated heterocycles. The van der Waals surface area contributed by atoms with E-state index in [2.05, 4.69) is 5.32 Å². The SMILES string of the molecule is CC1=C(C(=O)OC2CCCCC2)C(c2coc3ccc(C)cc3c2=O)C2=C(CCCC2=O)N1. The van der Waals surface area contributed by atoms with Gasteiger partial charge < -0.3 is 14.5 Å². The van der Waals surface area contributed by atoms with Gasteiger partial charge in [-0.3, -0.25) is 9.59 Å². The number of Topliss-reactive ketones (excluding diaryl/α,β-unsaturated/α-hetero) is 1. The van der Waals surface area contributed by atoms with E-state index in [1.807, 2.05) is 19.9 Å². The number of ketones is 1. The van der Waals surface area contributed by atoms with Gasteiger partial charge >= 0.3 is 5.97 Å². The first kappa shape index (κ1) is 21.7. The minimum atomic E-state index is -0.786. The molecule has 0 radical (unpaired) electrons. The highest BCUT2D eigenvalue weighted by Crippen LogP contribution is 2.42. The van der Waals surface area contributed by atoms with Crippen molar-refractivity contribution in [1.82, 2.24) is 5.32 Å². The molecule has 172 valence electrons. The summed E-state index contributed by atoms with van der Waals surface area (Å²) in [6, 6.07) is 5.45. The van der Waals surface area contributed by atoms with Crippen LogP contribution in [0.1, 0.15) is 75.3 Å².